The first-order chi connectivity index (χ1) is 7.51. The topological polar surface area (TPSA) is 37.9 Å². The van der Waals surface area contributed by atoms with Gasteiger partial charge in [-0.05, 0) is 6.07 Å². The first kappa shape index (κ1) is 11.1. The summed E-state index contributed by atoms with van der Waals surface area (Å²) in [5.41, 5.74) is 0.835. The minimum atomic E-state index is -4.76. The quantitative estimate of drug-likeness (QED) is 0.831. The van der Waals surface area contributed by atoms with Gasteiger partial charge in [-0.3, -0.25) is 0 Å². The number of nitrogens with one attached hydrogen (secondary N) is 1. The zero-order valence-electron chi connectivity index (χ0n) is 7.81. The first-order valence-corrected chi connectivity index (χ1v) is 4.81. The van der Waals surface area contributed by atoms with E-state index in [1.54, 1.807) is 6.07 Å². The van der Waals surface area contributed by atoms with Crippen LogP contribution < -0.4 is 4.74 Å². The van der Waals surface area contributed by atoms with Crippen LogP contribution in [-0.4, -0.2) is 16.3 Å². The molecule has 16 heavy (non-hydrogen) atoms. The summed E-state index contributed by atoms with van der Waals surface area (Å²) in [4.78, 5) is 6.47. The molecule has 7 heteroatoms. The summed E-state index contributed by atoms with van der Waals surface area (Å²) in [6.07, 6.45) is -3.46. The van der Waals surface area contributed by atoms with Crippen molar-refractivity contribution in [2.24, 2.45) is 0 Å². The van der Waals surface area contributed by atoms with Crippen LogP contribution in [0.2, 0.25) is 0 Å². The van der Waals surface area contributed by atoms with Gasteiger partial charge in [-0.25, -0.2) is 4.98 Å². The molecule has 86 valence electrons. The average molecular weight is 251 g/mol. The van der Waals surface area contributed by atoms with Gasteiger partial charge in [0.1, 0.15) is 5.52 Å². The largest absolute Gasteiger partial charge is 0.573 e. The molecule has 0 aliphatic carbocycles. The average Bonchev–Trinajstić information content (AvgIpc) is 2.64. The second-order valence-electron chi connectivity index (χ2n) is 3.03. The van der Waals surface area contributed by atoms with Crippen LogP contribution in [0, 0.1) is 0 Å². The van der Waals surface area contributed by atoms with Gasteiger partial charge in [-0.1, -0.05) is 6.07 Å². The van der Waals surface area contributed by atoms with E-state index in [0.717, 1.165) is 0 Å². The molecule has 2 rings (SSSR count). The first-order valence-electron chi connectivity index (χ1n) is 4.28. The number of benzene rings is 1. The Labute approximate surface area is 93.2 Å². The molecule has 0 aliphatic rings. The number of nitrogens with zero attached hydrogens (tertiary/aromatic N) is 1. The molecule has 1 aromatic carbocycles. The van der Waals surface area contributed by atoms with E-state index in [2.05, 4.69) is 14.7 Å². The lowest BCUT2D eigenvalue weighted by Crippen LogP contribution is -2.18. The van der Waals surface area contributed by atoms with Crippen molar-refractivity contribution >= 4 is 22.6 Å². The molecule has 0 bridgehead atoms. The third-order valence-electron chi connectivity index (χ3n) is 1.99. The van der Waals surface area contributed by atoms with Crippen molar-refractivity contribution in [1.82, 2.24) is 9.97 Å². The maximum Gasteiger partial charge on any atom is 0.573 e. The fourth-order valence-electron chi connectivity index (χ4n) is 1.36. The van der Waals surface area contributed by atoms with Crippen LogP contribution in [0.25, 0.3) is 11.0 Å². The summed E-state index contributed by atoms with van der Waals surface area (Å²) >= 11 is 5.54. The summed E-state index contributed by atoms with van der Waals surface area (Å²) in [6.45, 7) is 0. The van der Waals surface area contributed by atoms with E-state index < -0.39 is 6.36 Å². The molecular weight excluding hydrogens is 245 g/mol. The van der Waals surface area contributed by atoms with Crippen molar-refractivity contribution in [3.63, 3.8) is 0 Å². The molecule has 0 radical (unpaired) electrons. The summed E-state index contributed by atoms with van der Waals surface area (Å²) < 4.78 is 40.5. The molecule has 0 spiro atoms. The normalized spacial score (nSPS) is 12.0. The van der Waals surface area contributed by atoms with Gasteiger partial charge in [0.15, 0.2) is 5.75 Å². The number of alkyl halides is 4. The Balaban J connectivity index is 2.57. The van der Waals surface area contributed by atoms with E-state index in [9.17, 15) is 13.2 Å². The highest BCUT2D eigenvalue weighted by molar-refractivity contribution is 6.17. The number of aromatic amines is 1. The Bertz CT molecular complexity index is 509. The van der Waals surface area contributed by atoms with Crippen molar-refractivity contribution in [2.45, 2.75) is 12.2 Å². The monoisotopic (exact) mass is 250 g/mol. The second kappa shape index (κ2) is 3.86. The number of ether oxygens (including phenoxy) is 1. The molecule has 0 fully saturated rings. The summed E-state index contributed by atoms with van der Waals surface area (Å²) in [5.74, 6) is -0.421. The maximum atomic E-state index is 12.2. The number of imidazole rings is 1. The molecule has 0 atom stereocenters. The highest BCUT2D eigenvalue weighted by Crippen LogP contribution is 2.33. The van der Waals surface area contributed by atoms with Gasteiger partial charge in [-0.2, -0.15) is 0 Å². The van der Waals surface area contributed by atoms with Crippen molar-refractivity contribution in [3.8, 4) is 5.75 Å². The lowest BCUT2D eigenvalue weighted by Gasteiger charge is -2.12. The number of fused-ring (bicyclic) bond motifs is 1. The lowest BCUT2D eigenvalue weighted by molar-refractivity contribution is -0.274. The Morgan fingerprint density at radius 2 is 2.12 bits per heavy atom. The van der Waals surface area contributed by atoms with Gasteiger partial charge in [0.25, 0.3) is 0 Å². The molecule has 1 heterocycles. The number of halogens is 4. The molecule has 0 aliphatic heterocycles. The summed E-state index contributed by atoms with van der Waals surface area (Å²) in [5, 5.41) is 0. The van der Waals surface area contributed by atoms with Crippen LogP contribution in [-0.2, 0) is 5.88 Å². The van der Waals surface area contributed by atoms with Crippen LogP contribution in [0.3, 0.4) is 0 Å². The van der Waals surface area contributed by atoms with E-state index in [1.165, 1.54) is 12.4 Å². The second-order valence-corrected chi connectivity index (χ2v) is 3.30. The molecular formula is C9H6ClF3N2O. The van der Waals surface area contributed by atoms with Crippen molar-refractivity contribution in [2.75, 3.05) is 0 Å². The predicted octanol–water partition coefficient (Wildman–Crippen LogP) is 3.20. The van der Waals surface area contributed by atoms with Crippen molar-refractivity contribution < 1.29 is 17.9 Å². The van der Waals surface area contributed by atoms with E-state index in [1.807, 2.05) is 0 Å². The SMILES string of the molecule is FC(F)(F)Oc1c(CCl)ccc2[nH]cnc12. The van der Waals surface area contributed by atoms with Crippen LogP contribution in [0.1, 0.15) is 5.56 Å². The minimum Gasteiger partial charge on any atom is -0.403 e. The van der Waals surface area contributed by atoms with Gasteiger partial charge in [0.05, 0.1) is 17.7 Å². The highest BCUT2D eigenvalue weighted by Gasteiger charge is 2.33. The number of H-pyrrole nitrogens is 1. The zero-order chi connectivity index (χ0) is 11.8. The minimum absolute atomic E-state index is 0.0752. The van der Waals surface area contributed by atoms with Crippen molar-refractivity contribution in [1.29, 1.82) is 0 Å². The Morgan fingerprint density at radius 1 is 1.38 bits per heavy atom. The smallest absolute Gasteiger partial charge is 0.403 e. The van der Waals surface area contributed by atoms with Gasteiger partial charge >= 0.3 is 6.36 Å². The fourth-order valence-corrected chi connectivity index (χ4v) is 1.57. The summed E-state index contributed by atoms with van der Waals surface area (Å²) in [7, 11) is 0. The molecule has 3 nitrogen and oxygen atoms in total. The van der Waals surface area contributed by atoms with Crippen LogP contribution in [0.5, 0.6) is 5.75 Å². The number of rotatable bonds is 2. The third-order valence-corrected chi connectivity index (χ3v) is 2.28. The molecule has 0 amide bonds. The molecule has 0 saturated heterocycles. The third kappa shape index (κ3) is 2.06. The molecule has 0 unspecified atom stereocenters. The van der Waals surface area contributed by atoms with Crippen molar-refractivity contribution in [3.05, 3.63) is 24.0 Å². The van der Waals surface area contributed by atoms with Crippen LogP contribution >= 0.6 is 11.6 Å². The standard InChI is InChI=1S/C9H6ClF3N2O/c10-3-5-1-2-6-7(15-4-14-6)8(5)16-9(11,12)13/h1-2,4H,3H2,(H,14,15). The van der Waals surface area contributed by atoms with Crippen LogP contribution in [0.15, 0.2) is 18.5 Å². The molecule has 1 aromatic heterocycles. The fraction of sp³-hybridized carbons (Fsp3) is 0.222. The van der Waals surface area contributed by atoms with Crippen LogP contribution in [0.4, 0.5) is 13.2 Å². The van der Waals surface area contributed by atoms with Gasteiger partial charge in [0.2, 0.25) is 0 Å². The zero-order valence-corrected chi connectivity index (χ0v) is 8.56. The summed E-state index contributed by atoms with van der Waals surface area (Å²) in [6, 6.07) is 3.07. The number of hydrogen-bond donors (Lipinski definition) is 1. The number of hydrogen-bond acceptors (Lipinski definition) is 2. The number of aromatic nitrogens is 2. The van der Waals surface area contributed by atoms with Gasteiger partial charge < -0.3 is 9.72 Å². The molecule has 1 N–H and O–H groups in total. The predicted molar refractivity (Wildman–Crippen MR) is 52.3 cm³/mol. The van der Waals surface area contributed by atoms with E-state index >= 15 is 0 Å². The van der Waals surface area contributed by atoms with Gasteiger partial charge in [-0.15, -0.1) is 24.8 Å². The molecule has 0 saturated carbocycles. The van der Waals surface area contributed by atoms with Gasteiger partial charge in [0, 0.05) is 5.56 Å². The van der Waals surface area contributed by atoms with E-state index in [-0.39, 0.29) is 22.7 Å². The highest BCUT2D eigenvalue weighted by atomic mass is 35.5. The Morgan fingerprint density at radius 3 is 2.75 bits per heavy atom. The molecule has 2 aromatic rings. The Kier molecular flexibility index (Phi) is 2.67. The van der Waals surface area contributed by atoms with E-state index in [0.29, 0.717) is 5.52 Å². The lowest BCUT2D eigenvalue weighted by atomic mass is 10.2. The Hall–Kier alpha value is -1.43. The van der Waals surface area contributed by atoms with E-state index in [4.69, 9.17) is 11.6 Å². The maximum absolute atomic E-state index is 12.2.